The minimum atomic E-state index is 0. The van der Waals surface area contributed by atoms with Crippen LogP contribution in [0.15, 0.2) is 24.3 Å². The molecule has 0 radical (unpaired) electrons. The van der Waals surface area contributed by atoms with E-state index in [-0.39, 0.29) is 12.4 Å². The molecule has 2 rings (SSSR count). The van der Waals surface area contributed by atoms with Gasteiger partial charge in [-0.1, -0.05) is 12.1 Å². The summed E-state index contributed by atoms with van der Waals surface area (Å²) in [7, 11) is 1.72. The predicted octanol–water partition coefficient (Wildman–Crippen LogP) is 2.47. The molecule has 0 bridgehead atoms. The third kappa shape index (κ3) is 3.61. The van der Waals surface area contributed by atoms with Crippen molar-refractivity contribution in [2.24, 2.45) is 0 Å². The highest BCUT2D eigenvalue weighted by molar-refractivity contribution is 5.85. The lowest BCUT2D eigenvalue weighted by molar-refractivity contribution is 0.158. The second kappa shape index (κ2) is 6.98. The van der Waals surface area contributed by atoms with E-state index in [2.05, 4.69) is 42.3 Å². The molecule has 4 heteroatoms. The molecule has 2 atom stereocenters. The molecule has 0 aromatic heterocycles. The van der Waals surface area contributed by atoms with Crippen LogP contribution in [-0.2, 0) is 0 Å². The van der Waals surface area contributed by atoms with Crippen LogP contribution in [0.3, 0.4) is 0 Å². The summed E-state index contributed by atoms with van der Waals surface area (Å²) in [6, 6.07) is 9.41. The first-order valence-corrected chi connectivity index (χ1v) is 6.32. The lowest BCUT2D eigenvalue weighted by Crippen LogP contribution is -2.49. The van der Waals surface area contributed by atoms with Gasteiger partial charge in [0.15, 0.2) is 0 Å². The van der Waals surface area contributed by atoms with Crippen LogP contribution in [0.4, 0.5) is 0 Å². The maximum atomic E-state index is 5.28. The van der Waals surface area contributed by atoms with Gasteiger partial charge >= 0.3 is 0 Å². The summed E-state index contributed by atoms with van der Waals surface area (Å²) >= 11 is 0. The van der Waals surface area contributed by atoms with Crippen molar-refractivity contribution in [3.05, 3.63) is 29.8 Å². The molecule has 3 nitrogen and oxygen atoms in total. The van der Waals surface area contributed by atoms with E-state index in [0.717, 1.165) is 25.4 Å². The molecule has 0 spiro atoms. The Kier molecular flexibility index (Phi) is 5.93. The number of hydrogen-bond acceptors (Lipinski definition) is 3. The van der Waals surface area contributed by atoms with Crippen molar-refractivity contribution < 1.29 is 4.74 Å². The molecule has 2 unspecified atom stereocenters. The number of piperazine rings is 1. The van der Waals surface area contributed by atoms with Gasteiger partial charge in [0.25, 0.3) is 0 Å². The summed E-state index contributed by atoms with van der Waals surface area (Å²) in [4.78, 5) is 2.52. The summed E-state index contributed by atoms with van der Waals surface area (Å²) in [5.41, 5.74) is 1.33. The van der Waals surface area contributed by atoms with Crippen LogP contribution in [0.2, 0.25) is 0 Å². The fourth-order valence-electron chi connectivity index (χ4n) is 2.43. The van der Waals surface area contributed by atoms with Gasteiger partial charge in [0.2, 0.25) is 0 Å². The number of nitrogens with zero attached hydrogens (tertiary/aromatic N) is 1. The molecule has 0 saturated carbocycles. The summed E-state index contributed by atoms with van der Waals surface area (Å²) < 4.78 is 5.28. The Morgan fingerprint density at radius 1 is 1.44 bits per heavy atom. The van der Waals surface area contributed by atoms with Crippen LogP contribution >= 0.6 is 12.4 Å². The van der Waals surface area contributed by atoms with Gasteiger partial charge in [0.1, 0.15) is 5.75 Å². The Bertz CT molecular complexity index is 373. The van der Waals surface area contributed by atoms with Crippen LogP contribution in [0, 0.1) is 0 Å². The van der Waals surface area contributed by atoms with Gasteiger partial charge in [-0.25, -0.2) is 0 Å². The van der Waals surface area contributed by atoms with Crippen molar-refractivity contribution in [2.75, 3.05) is 26.7 Å². The summed E-state index contributed by atoms with van der Waals surface area (Å²) in [6.45, 7) is 7.81. The van der Waals surface area contributed by atoms with E-state index in [1.165, 1.54) is 5.56 Å². The third-order valence-electron chi connectivity index (χ3n) is 3.52. The zero-order valence-electron chi connectivity index (χ0n) is 11.3. The highest BCUT2D eigenvalue weighted by Crippen LogP contribution is 2.24. The zero-order valence-corrected chi connectivity index (χ0v) is 12.2. The standard InChI is InChI=1S/C14H22N2O.ClH/c1-11-10-16(8-7-15-11)12(2)13-5-4-6-14(9-13)17-3;/h4-6,9,11-12,15H,7-8,10H2,1-3H3;1H. The number of hydrogen-bond donors (Lipinski definition) is 1. The van der Waals surface area contributed by atoms with Gasteiger partial charge in [-0.15, -0.1) is 12.4 Å². The Morgan fingerprint density at radius 3 is 2.89 bits per heavy atom. The van der Waals surface area contributed by atoms with Gasteiger partial charge in [0.05, 0.1) is 7.11 Å². The number of nitrogens with one attached hydrogen (secondary N) is 1. The van der Waals surface area contributed by atoms with Crippen molar-refractivity contribution in [1.82, 2.24) is 10.2 Å². The molecular formula is C14H23ClN2O. The Hall–Kier alpha value is -0.770. The van der Waals surface area contributed by atoms with Crippen LogP contribution in [0.1, 0.15) is 25.5 Å². The topological polar surface area (TPSA) is 24.5 Å². The number of benzene rings is 1. The van der Waals surface area contributed by atoms with E-state index in [9.17, 15) is 0 Å². The minimum Gasteiger partial charge on any atom is -0.497 e. The number of rotatable bonds is 3. The fraction of sp³-hybridized carbons (Fsp3) is 0.571. The average Bonchev–Trinajstić information content (AvgIpc) is 2.38. The van der Waals surface area contributed by atoms with Crippen LogP contribution < -0.4 is 10.1 Å². The molecule has 0 amide bonds. The molecule has 1 fully saturated rings. The van der Waals surface area contributed by atoms with Gasteiger partial charge < -0.3 is 10.1 Å². The van der Waals surface area contributed by atoms with E-state index < -0.39 is 0 Å². The van der Waals surface area contributed by atoms with Crippen molar-refractivity contribution in [3.63, 3.8) is 0 Å². The van der Waals surface area contributed by atoms with Gasteiger partial charge in [-0.2, -0.15) is 0 Å². The zero-order chi connectivity index (χ0) is 12.3. The Labute approximate surface area is 116 Å². The van der Waals surface area contributed by atoms with E-state index >= 15 is 0 Å². The SMILES string of the molecule is COc1cccc(C(C)N2CCNC(C)C2)c1.Cl. The first-order valence-electron chi connectivity index (χ1n) is 6.32. The van der Waals surface area contributed by atoms with Gasteiger partial charge in [0, 0.05) is 31.7 Å². The smallest absolute Gasteiger partial charge is 0.119 e. The Morgan fingerprint density at radius 2 is 2.22 bits per heavy atom. The van der Waals surface area contributed by atoms with E-state index in [1.54, 1.807) is 7.11 Å². The van der Waals surface area contributed by atoms with Crippen molar-refractivity contribution in [3.8, 4) is 5.75 Å². The molecule has 1 aliphatic rings. The van der Waals surface area contributed by atoms with E-state index in [1.807, 2.05) is 6.07 Å². The van der Waals surface area contributed by atoms with Crippen LogP contribution in [0.5, 0.6) is 5.75 Å². The highest BCUT2D eigenvalue weighted by Gasteiger charge is 2.21. The molecular weight excluding hydrogens is 248 g/mol. The molecule has 1 saturated heterocycles. The van der Waals surface area contributed by atoms with Crippen LogP contribution in [0.25, 0.3) is 0 Å². The Balaban J connectivity index is 0.00000162. The second-order valence-corrected chi connectivity index (χ2v) is 4.80. The maximum Gasteiger partial charge on any atom is 0.119 e. The molecule has 1 aliphatic heterocycles. The lowest BCUT2D eigenvalue weighted by Gasteiger charge is -2.36. The van der Waals surface area contributed by atoms with Gasteiger partial charge in [-0.3, -0.25) is 4.90 Å². The summed E-state index contributed by atoms with van der Waals surface area (Å²) in [5.74, 6) is 0.942. The lowest BCUT2D eigenvalue weighted by atomic mass is 10.0. The predicted molar refractivity (Wildman–Crippen MR) is 77.7 cm³/mol. The van der Waals surface area contributed by atoms with E-state index in [4.69, 9.17) is 4.74 Å². The van der Waals surface area contributed by atoms with Gasteiger partial charge in [-0.05, 0) is 31.5 Å². The molecule has 1 N–H and O–H groups in total. The van der Waals surface area contributed by atoms with E-state index in [0.29, 0.717) is 12.1 Å². The molecule has 102 valence electrons. The molecule has 1 heterocycles. The normalized spacial score (nSPS) is 22.1. The average molecular weight is 271 g/mol. The third-order valence-corrected chi connectivity index (χ3v) is 3.52. The second-order valence-electron chi connectivity index (χ2n) is 4.80. The molecule has 1 aromatic rings. The first kappa shape index (κ1) is 15.3. The maximum absolute atomic E-state index is 5.28. The van der Waals surface area contributed by atoms with Crippen molar-refractivity contribution in [2.45, 2.75) is 25.9 Å². The highest BCUT2D eigenvalue weighted by atomic mass is 35.5. The summed E-state index contributed by atoms with van der Waals surface area (Å²) in [6.07, 6.45) is 0. The number of methoxy groups -OCH3 is 1. The van der Waals surface area contributed by atoms with Crippen molar-refractivity contribution in [1.29, 1.82) is 0 Å². The minimum absolute atomic E-state index is 0. The quantitative estimate of drug-likeness (QED) is 0.913. The van der Waals surface area contributed by atoms with Crippen molar-refractivity contribution >= 4 is 12.4 Å². The number of halogens is 1. The fourth-order valence-corrected chi connectivity index (χ4v) is 2.43. The number of ether oxygens (including phenoxy) is 1. The molecule has 0 aliphatic carbocycles. The van der Waals surface area contributed by atoms with Crippen LogP contribution in [-0.4, -0.2) is 37.7 Å². The molecule has 18 heavy (non-hydrogen) atoms. The largest absolute Gasteiger partial charge is 0.497 e. The monoisotopic (exact) mass is 270 g/mol. The summed E-state index contributed by atoms with van der Waals surface area (Å²) in [5, 5.41) is 3.47. The molecule has 1 aromatic carbocycles. The first-order chi connectivity index (χ1) is 8.20.